The van der Waals surface area contributed by atoms with Gasteiger partial charge < -0.3 is 5.32 Å². The highest BCUT2D eigenvalue weighted by atomic mass is 32.1. The summed E-state index contributed by atoms with van der Waals surface area (Å²) < 4.78 is 0. The van der Waals surface area contributed by atoms with Gasteiger partial charge in [0.15, 0.2) is 0 Å². The van der Waals surface area contributed by atoms with Crippen LogP contribution >= 0.6 is 11.3 Å². The number of hydrogen-bond donors (Lipinski definition) is 1. The first-order valence-corrected chi connectivity index (χ1v) is 8.14. The predicted octanol–water partition coefficient (Wildman–Crippen LogP) is 4.44. The lowest BCUT2D eigenvalue weighted by molar-refractivity contribution is 0.220. The van der Waals surface area contributed by atoms with Gasteiger partial charge in [0.25, 0.3) is 0 Å². The predicted molar refractivity (Wildman–Crippen MR) is 81.3 cm³/mol. The van der Waals surface area contributed by atoms with Crippen LogP contribution in [0.25, 0.3) is 0 Å². The summed E-state index contributed by atoms with van der Waals surface area (Å²) >= 11 is 1.88. The number of nitrogens with one attached hydrogen (secondary N) is 1. The number of hydrogen-bond acceptors (Lipinski definition) is 2. The van der Waals surface area contributed by atoms with Crippen molar-refractivity contribution < 1.29 is 0 Å². The largest absolute Gasteiger partial charge is 0.313 e. The highest BCUT2D eigenvalue weighted by Crippen LogP contribution is 2.31. The standard InChI is InChI=1S/C16H27NS/c1-12-7-8-14(10-13(12)2)17-11-16(3,4)15-6-5-9-18-15/h5-6,9,12-14,17H,7-8,10-11H2,1-4H3. The molecule has 1 aliphatic carbocycles. The molecule has 0 spiro atoms. The van der Waals surface area contributed by atoms with Gasteiger partial charge in [-0.15, -0.1) is 11.3 Å². The fraction of sp³-hybridized carbons (Fsp3) is 0.750. The summed E-state index contributed by atoms with van der Waals surface area (Å²) in [6, 6.07) is 5.15. The van der Waals surface area contributed by atoms with Crippen molar-refractivity contribution in [3.05, 3.63) is 22.4 Å². The Bertz CT molecular complexity index is 355. The summed E-state index contributed by atoms with van der Waals surface area (Å²) in [5.74, 6) is 1.79. The van der Waals surface area contributed by atoms with Crippen molar-refractivity contribution in [1.82, 2.24) is 5.32 Å². The van der Waals surface area contributed by atoms with Crippen molar-refractivity contribution in [2.45, 2.75) is 58.4 Å². The van der Waals surface area contributed by atoms with Gasteiger partial charge in [0.05, 0.1) is 0 Å². The van der Waals surface area contributed by atoms with Crippen LogP contribution in [0, 0.1) is 11.8 Å². The first kappa shape index (κ1) is 14.1. The lowest BCUT2D eigenvalue weighted by Gasteiger charge is -2.35. The Hall–Kier alpha value is -0.340. The minimum atomic E-state index is 0.264. The van der Waals surface area contributed by atoms with Gasteiger partial charge in [-0.05, 0) is 42.5 Å². The van der Waals surface area contributed by atoms with Crippen LogP contribution in [0.2, 0.25) is 0 Å². The molecule has 0 aliphatic heterocycles. The van der Waals surface area contributed by atoms with Crippen molar-refractivity contribution in [2.24, 2.45) is 11.8 Å². The highest BCUT2D eigenvalue weighted by molar-refractivity contribution is 7.10. The molecule has 0 aromatic carbocycles. The van der Waals surface area contributed by atoms with Gasteiger partial charge >= 0.3 is 0 Å². The average molecular weight is 265 g/mol. The Kier molecular flexibility index (Phi) is 4.50. The SMILES string of the molecule is CC1CCC(NCC(C)(C)c2cccs2)CC1C. The zero-order chi connectivity index (χ0) is 13.2. The van der Waals surface area contributed by atoms with E-state index in [1.165, 1.54) is 24.1 Å². The molecule has 1 heterocycles. The van der Waals surface area contributed by atoms with Crippen LogP contribution in [0.1, 0.15) is 51.8 Å². The molecule has 2 rings (SSSR count). The molecule has 1 fully saturated rings. The van der Waals surface area contributed by atoms with E-state index in [9.17, 15) is 0 Å². The van der Waals surface area contributed by atoms with Gasteiger partial charge in [0.1, 0.15) is 0 Å². The molecular weight excluding hydrogens is 238 g/mol. The zero-order valence-electron chi connectivity index (χ0n) is 12.2. The first-order valence-electron chi connectivity index (χ1n) is 7.26. The van der Waals surface area contributed by atoms with Crippen LogP contribution in [0.4, 0.5) is 0 Å². The summed E-state index contributed by atoms with van der Waals surface area (Å²) in [5, 5.41) is 5.99. The molecule has 1 nitrogen and oxygen atoms in total. The summed E-state index contributed by atoms with van der Waals surface area (Å²) in [5.41, 5.74) is 0.264. The van der Waals surface area contributed by atoms with Gasteiger partial charge in [-0.3, -0.25) is 0 Å². The molecule has 18 heavy (non-hydrogen) atoms. The van der Waals surface area contributed by atoms with Gasteiger partial charge in [0.2, 0.25) is 0 Å². The molecule has 0 bridgehead atoms. The van der Waals surface area contributed by atoms with E-state index >= 15 is 0 Å². The van der Waals surface area contributed by atoms with Crippen molar-refractivity contribution in [3.63, 3.8) is 0 Å². The second kappa shape index (κ2) is 5.75. The Balaban J connectivity index is 1.85. The Morgan fingerprint density at radius 1 is 1.28 bits per heavy atom. The van der Waals surface area contributed by atoms with Crippen LogP contribution in [0.15, 0.2) is 17.5 Å². The van der Waals surface area contributed by atoms with Crippen molar-refractivity contribution >= 4 is 11.3 Å². The van der Waals surface area contributed by atoms with Crippen LogP contribution in [0.3, 0.4) is 0 Å². The van der Waals surface area contributed by atoms with E-state index in [2.05, 4.69) is 50.5 Å². The molecule has 0 saturated heterocycles. The maximum absolute atomic E-state index is 3.81. The molecular formula is C16H27NS. The Labute approximate surface area is 116 Å². The summed E-state index contributed by atoms with van der Waals surface area (Å²) in [6.45, 7) is 10.6. The molecule has 3 unspecified atom stereocenters. The number of thiophene rings is 1. The van der Waals surface area contributed by atoms with Gasteiger partial charge in [-0.2, -0.15) is 0 Å². The molecule has 1 aromatic heterocycles. The number of rotatable bonds is 4. The lowest BCUT2D eigenvalue weighted by Crippen LogP contribution is -2.42. The van der Waals surface area contributed by atoms with Crippen LogP contribution < -0.4 is 5.32 Å². The van der Waals surface area contributed by atoms with Gasteiger partial charge in [-0.25, -0.2) is 0 Å². The second-order valence-corrected chi connectivity index (χ2v) is 7.65. The molecule has 3 atom stereocenters. The summed E-state index contributed by atoms with van der Waals surface area (Å²) in [7, 11) is 0. The van der Waals surface area contributed by atoms with Crippen LogP contribution in [-0.2, 0) is 5.41 Å². The van der Waals surface area contributed by atoms with Crippen LogP contribution in [0.5, 0.6) is 0 Å². The minimum Gasteiger partial charge on any atom is -0.313 e. The van der Waals surface area contributed by atoms with E-state index in [4.69, 9.17) is 0 Å². The third kappa shape index (κ3) is 3.36. The van der Waals surface area contributed by atoms with E-state index in [0.29, 0.717) is 0 Å². The fourth-order valence-electron chi connectivity index (χ4n) is 2.88. The third-order valence-electron chi connectivity index (χ3n) is 4.62. The fourth-order valence-corrected chi connectivity index (χ4v) is 3.74. The van der Waals surface area contributed by atoms with E-state index in [1.807, 2.05) is 11.3 Å². The van der Waals surface area contributed by atoms with E-state index in [-0.39, 0.29) is 5.41 Å². The monoisotopic (exact) mass is 265 g/mol. The maximum Gasteiger partial charge on any atom is 0.0115 e. The topological polar surface area (TPSA) is 12.0 Å². The minimum absolute atomic E-state index is 0.264. The molecule has 1 aromatic rings. The van der Waals surface area contributed by atoms with Crippen LogP contribution in [-0.4, -0.2) is 12.6 Å². The first-order chi connectivity index (χ1) is 8.49. The van der Waals surface area contributed by atoms with Crippen molar-refractivity contribution in [3.8, 4) is 0 Å². The molecule has 1 N–H and O–H groups in total. The van der Waals surface area contributed by atoms with Crippen molar-refractivity contribution in [1.29, 1.82) is 0 Å². The van der Waals surface area contributed by atoms with E-state index in [1.54, 1.807) is 0 Å². The lowest BCUT2D eigenvalue weighted by atomic mass is 9.78. The van der Waals surface area contributed by atoms with E-state index < -0.39 is 0 Å². The Morgan fingerprint density at radius 2 is 2.06 bits per heavy atom. The summed E-state index contributed by atoms with van der Waals surface area (Å²) in [6.07, 6.45) is 4.09. The van der Waals surface area contributed by atoms with E-state index in [0.717, 1.165) is 24.4 Å². The molecule has 0 amide bonds. The molecule has 2 heteroatoms. The normalized spacial score (nSPS) is 29.4. The van der Waals surface area contributed by atoms with Gasteiger partial charge in [0, 0.05) is 22.9 Å². The maximum atomic E-state index is 3.81. The molecule has 1 aliphatic rings. The van der Waals surface area contributed by atoms with Crippen molar-refractivity contribution in [2.75, 3.05) is 6.54 Å². The third-order valence-corrected chi connectivity index (χ3v) is 5.85. The quantitative estimate of drug-likeness (QED) is 0.848. The molecule has 102 valence electrons. The summed E-state index contributed by atoms with van der Waals surface area (Å²) in [4.78, 5) is 1.49. The van der Waals surface area contributed by atoms with Gasteiger partial charge in [-0.1, -0.05) is 33.8 Å². The molecule has 1 saturated carbocycles. The zero-order valence-corrected chi connectivity index (χ0v) is 13.0. The Morgan fingerprint density at radius 3 is 2.67 bits per heavy atom. The molecule has 0 radical (unpaired) electrons. The second-order valence-electron chi connectivity index (χ2n) is 6.71. The smallest absolute Gasteiger partial charge is 0.0115 e. The average Bonchev–Trinajstić information content (AvgIpc) is 2.85. The highest BCUT2D eigenvalue weighted by Gasteiger charge is 2.27.